The zero-order valence-corrected chi connectivity index (χ0v) is 23.4. The lowest BCUT2D eigenvalue weighted by atomic mass is 9.79. The molecule has 1 saturated carbocycles. The van der Waals surface area contributed by atoms with Crippen LogP contribution in [0.3, 0.4) is 0 Å². The Kier molecular flexibility index (Phi) is 8.29. The van der Waals surface area contributed by atoms with Crippen LogP contribution in [0.25, 0.3) is 0 Å². The molecule has 0 bridgehead atoms. The maximum Gasteiger partial charge on any atom is 0.290 e. The Balaban J connectivity index is 0.00000108. The van der Waals surface area contributed by atoms with E-state index in [-0.39, 0.29) is 12.4 Å². The highest BCUT2D eigenvalue weighted by molar-refractivity contribution is 6.00. The van der Waals surface area contributed by atoms with Crippen molar-refractivity contribution in [2.24, 2.45) is 4.99 Å². The fourth-order valence-electron chi connectivity index (χ4n) is 6.19. The Labute approximate surface area is 238 Å². The molecule has 5 heterocycles. The molecule has 1 saturated heterocycles. The molecule has 12 nitrogen and oxygen atoms in total. The molecule has 0 unspecified atom stereocenters. The molecule has 2 aliphatic heterocycles. The van der Waals surface area contributed by atoms with Crippen molar-refractivity contribution >= 4 is 29.8 Å². The smallest absolute Gasteiger partial charge is 0.290 e. The quantitative estimate of drug-likeness (QED) is 0.276. The molecule has 4 N–H and O–H groups in total. The lowest BCUT2D eigenvalue weighted by molar-refractivity contribution is -0.122. The predicted molar refractivity (Wildman–Crippen MR) is 152 cm³/mol. The van der Waals surface area contributed by atoms with Crippen LogP contribution in [-0.2, 0) is 10.3 Å². The van der Waals surface area contributed by atoms with Crippen LogP contribution in [0.1, 0.15) is 78.0 Å². The first-order chi connectivity index (χ1) is 19.8. The van der Waals surface area contributed by atoms with Gasteiger partial charge in [-0.3, -0.25) is 9.59 Å². The number of carboxylic acid groups (broad SMARTS) is 1. The SMILES string of the molecule is Cc1cc(=Nc2cc(Nc3ccc(C4CCN(C)CC4)cn3)ncn2)n(O)c2c1C(=O)NC21CCCCC1.O=CO. The molecule has 216 valence electrons. The molecule has 1 aliphatic carbocycles. The number of nitrogens with zero attached hydrogens (tertiary/aromatic N) is 6. The Morgan fingerprint density at radius 3 is 2.51 bits per heavy atom. The average molecular weight is 561 g/mol. The van der Waals surface area contributed by atoms with Gasteiger partial charge in [0.05, 0.1) is 16.8 Å². The van der Waals surface area contributed by atoms with Crippen molar-refractivity contribution in [1.82, 2.24) is 29.9 Å². The van der Waals surface area contributed by atoms with Crippen LogP contribution < -0.4 is 16.1 Å². The van der Waals surface area contributed by atoms with Gasteiger partial charge in [0, 0.05) is 12.3 Å². The summed E-state index contributed by atoms with van der Waals surface area (Å²) in [6.07, 6.45) is 10.4. The molecule has 41 heavy (non-hydrogen) atoms. The summed E-state index contributed by atoms with van der Waals surface area (Å²) >= 11 is 0. The van der Waals surface area contributed by atoms with E-state index in [1.165, 1.54) is 11.9 Å². The molecular formula is C29H36N8O4. The summed E-state index contributed by atoms with van der Waals surface area (Å²) < 4.78 is 1.07. The first kappa shape index (κ1) is 28.2. The Bertz CT molecular complexity index is 1470. The summed E-state index contributed by atoms with van der Waals surface area (Å²) in [5, 5.41) is 24.5. The molecule has 3 aromatic heterocycles. The first-order valence-corrected chi connectivity index (χ1v) is 14.0. The second-order valence-electron chi connectivity index (χ2n) is 11.0. The van der Waals surface area contributed by atoms with Crippen LogP contribution in [0.4, 0.5) is 17.5 Å². The van der Waals surface area contributed by atoms with Gasteiger partial charge < -0.3 is 25.8 Å². The molecule has 1 spiro atoms. The van der Waals surface area contributed by atoms with Crippen molar-refractivity contribution in [1.29, 1.82) is 0 Å². The third-order valence-corrected chi connectivity index (χ3v) is 8.26. The predicted octanol–water partition coefficient (Wildman–Crippen LogP) is 3.61. The third-order valence-electron chi connectivity index (χ3n) is 8.26. The summed E-state index contributed by atoms with van der Waals surface area (Å²) in [7, 11) is 2.17. The summed E-state index contributed by atoms with van der Waals surface area (Å²) in [4.78, 5) is 41.4. The molecule has 1 amide bonds. The number of hydrogen-bond donors (Lipinski definition) is 4. The van der Waals surface area contributed by atoms with Crippen molar-refractivity contribution in [2.75, 3.05) is 25.5 Å². The minimum atomic E-state index is -0.542. The number of carbonyl (C=O) groups is 2. The highest BCUT2D eigenvalue weighted by Crippen LogP contribution is 2.42. The van der Waals surface area contributed by atoms with Crippen molar-refractivity contribution in [3.05, 3.63) is 64.7 Å². The van der Waals surface area contributed by atoms with Gasteiger partial charge in [-0.2, -0.15) is 4.73 Å². The number of likely N-dealkylation sites (tertiary alicyclic amines) is 1. The van der Waals surface area contributed by atoms with E-state index in [1.807, 2.05) is 19.2 Å². The number of anilines is 2. The number of aromatic nitrogens is 4. The molecule has 6 rings (SSSR count). The highest BCUT2D eigenvalue weighted by atomic mass is 16.5. The molecule has 0 aromatic carbocycles. The van der Waals surface area contributed by atoms with E-state index in [2.05, 4.69) is 48.6 Å². The zero-order chi connectivity index (χ0) is 29.0. The van der Waals surface area contributed by atoms with Crippen LogP contribution in [0, 0.1) is 6.92 Å². The number of amides is 1. The standard InChI is InChI=1S/C28H34N8O2.CH2O2/c1-18-14-24(36(38)26-25(18)27(37)34-28(26)10-4-3-5-11-28)33-23-15-22(30-17-31-23)32-21-7-6-20(16-29-21)19-8-12-35(2)13-9-19;2-1-3/h6-7,14-17,19,38H,3-5,8-13H2,1-2H3,(H,34,37)(H,29,30,31,32);1H,(H,2,3). The van der Waals surface area contributed by atoms with Crippen LogP contribution in [0.2, 0.25) is 0 Å². The first-order valence-electron chi connectivity index (χ1n) is 14.0. The molecule has 0 radical (unpaired) electrons. The molecule has 2 fully saturated rings. The number of rotatable bonds is 4. The highest BCUT2D eigenvalue weighted by Gasteiger charge is 2.47. The monoisotopic (exact) mass is 560 g/mol. The lowest BCUT2D eigenvalue weighted by Crippen LogP contribution is -2.43. The van der Waals surface area contributed by atoms with Gasteiger partial charge in [-0.1, -0.05) is 25.3 Å². The maximum absolute atomic E-state index is 12.8. The summed E-state index contributed by atoms with van der Waals surface area (Å²) in [6, 6.07) is 7.55. The lowest BCUT2D eigenvalue weighted by Gasteiger charge is -2.34. The van der Waals surface area contributed by atoms with E-state index in [9.17, 15) is 10.0 Å². The van der Waals surface area contributed by atoms with Crippen LogP contribution >= 0.6 is 0 Å². The molecular weight excluding hydrogens is 524 g/mol. The van der Waals surface area contributed by atoms with Gasteiger partial charge in [-0.15, -0.1) is 0 Å². The number of aryl methyl sites for hydroxylation is 1. The largest absolute Gasteiger partial charge is 0.483 e. The molecule has 3 aliphatic rings. The molecule has 12 heteroatoms. The number of fused-ring (bicyclic) bond motifs is 2. The van der Waals surface area contributed by atoms with Gasteiger partial charge in [0.25, 0.3) is 12.4 Å². The van der Waals surface area contributed by atoms with E-state index in [1.54, 1.807) is 12.1 Å². The average Bonchev–Trinajstić information content (AvgIpc) is 3.25. The van der Waals surface area contributed by atoms with Crippen LogP contribution in [0.15, 0.2) is 41.8 Å². The fraction of sp³-hybridized carbons (Fsp3) is 0.448. The number of piperidine rings is 1. The minimum Gasteiger partial charge on any atom is -0.483 e. The van der Waals surface area contributed by atoms with E-state index >= 15 is 0 Å². The van der Waals surface area contributed by atoms with Crippen molar-refractivity contribution < 1.29 is 19.9 Å². The minimum absolute atomic E-state index is 0.128. The van der Waals surface area contributed by atoms with E-state index in [4.69, 9.17) is 9.90 Å². The van der Waals surface area contributed by atoms with E-state index in [0.29, 0.717) is 40.1 Å². The summed E-state index contributed by atoms with van der Waals surface area (Å²) in [5.41, 5.74) is 3.00. The Morgan fingerprint density at radius 2 is 1.83 bits per heavy atom. The van der Waals surface area contributed by atoms with Gasteiger partial charge in [-0.05, 0) is 81.9 Å². The van der Waals surface area contributed by atoms with E-state index in [0.717, 1.165) is 68.3 Å². The van der Waals surface area contributed by atoms with Gasteiger partial charge in [0.1, 0.15) is 18.0 Å². The number of nitrogens with one attached hydrogen (secondary N) is 2. The Hall–Kier alpha value is -4.32. The second-order valence-corrected chi connectivity index (χ2v) is 11.0. The third kappa shape index (κ3) is 5.92. The maximum atomic E-state index is 12.8. The summed E-state index contributed by atoms with van der Waals surface area (Å²) in [5.74, 6) is 2.07. The number of pyridine rings is 2. The fourth-order valence-corrected chi connectivity index (χ4v) is 6.19. The molecule has 3 aromatic rings. The van der Waals surface area contributed by atoms with Gasteiger partial charge in [-0.25, -0.2) is 19.9 Å². The summed E-state index contributed by atoms with van der Waals surface area (Å²) in [6.45, 7) is 3.86. The molecule has 0 atom stereocenters. The van der Waals surface area contributed by atoms with Crippen molar-refractivity contribution in [2.45, 2.75) is 63.3 Å². The van der Waals surface area contributed by atoms with Gasteiger partial charge >= 0.3 is 0 Å². The normalized spacial score (nSPS) is 18.8. The topological polar surface area (TPSA) is 158 Å². The van der Waals surface area contributed by atoms with Gasteiger partial charge in [0.15, 0.2) is 11.3 Å². The second kappa shape index (κ2) is 12.0. The van der Waals surface area contributed by atoms with Crippen molar-refractivity contribution in [3.8, 4) is 0 Å². The van der Waals surface area contributed by atoms with Gasteiger partial charge in [0.2, 0.25) is 0 Å². The zero-order valence-electron chi connectivity index (χ0n) is 23.4. The van der Waals surface area contributed by atoms with E-state index < -0.39 is 5.54 Å². The van der Waals surface area contributed by atoms with Crippen molar-refractivity contribution in [3.63, 3.8) is 0 Å². The van der Waals surface area contributed by atoms with Crippen LogP contribution in [0.5, 0.6) is 0 Å². The number of hydrogen-bond acceptors (Lipinski definition) is 9. The Morgan fingerprint density at radius 1 is 1.10 bits per heavy atom. The number of carbonyl (C=O) groups excluding carboxylic acids is 1. The van der Waals surface area contributed by atoms with Crippen LogP contribution in [-0.4, -0.2) is 67.4 Å².